The quantitative estimate of drug-likeness (QED) is 0.831. The molecule has 0 aliphatic rings. The lowest BCUT2D eigenvalue weighted by Crippen LogP contribution is -2.33. The second-order valence-electron chi connectivity index (χ2n) is 4.70. The molecule has 0 saturated carbocycles. The smallest absolute Gasteiger partial charge is 0.410 e. The van der Waals surface area contributed by atoms with Crippen LogP contribution in [-0.4, -0.2) is 23.6 Å². The Bertz CT molecular complexity index is 483. The van der Waals surface area contributed by atoms with Gasteiger partial charge in [-0.2, -0.15) is 0 Å². The summed E-state index contributed by atoms with van der Waals surface area (Å²) in [4.78, 5) is 12.8. The molecule has 3 nitrogen and oxygen atoms in total. The Labute approximate surface area is 115 Å². The average molecular weight is 303 g/mol. The molecule has 1 aromatic rings. The van der Waals surface area contributed by atoms with Crippen LogP contribution in [0.25, 0.3) is 0 Å². The topological polar surface area (TPSA) is 29.5 Å². The molecule has 4 heteroatoms. The van der Waals surface area contributed by atoms with Crippen molar-refractivity contribution in [3.05, 3.63) is 34.3 Å². The minimum Gasteiger partial charge on any atom is -0.444 e. The molecule has 0 aromatic heterocycles. The van der Waals surface area contributed by atoms with E-state index in [2.05, 4.69) is 15.9 Å². The van der Waals surface area contributed by atoms with Crippen molar-refractivity contribution in [1.29, 1.82) is 0 Å². The van der Waals surface area contributed by atoms with E-state index in [9.17, 15) is 4.79 Å². The van der Waals surface area contributed by atoms with Gasteiger partial charge in [-0.1, -0.05) is 28.1 Å². The third kappa shape index (κ3) is 5.22. The van der Waals surface area contributed by atoms with Crippen molar-refractivity contribution >= 4 is 22.0 Å². The highest BCUT2D eigenvalue weighted by Crippen LogP contribution is 2.14. The monoisotopic (exact) mass is 302 g/mol. The van der Waals surface area contributed by atoms with E-state index in [1.54, 1.807) is 39.0 Å². The van der Waals surface area contributed by atoms with E-state index >= 15 is 0 Å². The summed E-state index contributed by atoms with van der Waals surface area (Å²) in [6.45, 7) is 2.50. The second-order valence-corrected chi connectivity index (χ2v) is 5.61. The summed E-state index contributed by atoms with van der Waals surface area (Å²) in [7, 11) is 0. The molecule has 17 heavy (non-hydrogen) atoms. The van der Waals surface area contributed by atoms with Crippen LogP contribution in [-0.2, 0) is 11.3 Å². The Kier molecular flexibility index (Phi) is 3.24. The fourth-order valence-electron chi connectivity index (χ4n) is 1.20. The van der Waals surface area contributed by atoms with E-state index in [0.717, 1.165) is 9.37 Å². The zero-order chi connectivity index (χ0) is 15.6. The van der Waals surface area contributed by atoms with Crippen LogP contribution in [0.2, 0.25) is 0 Å². The first kappa shape index (κ1) is 9.95. The van der Waals surface area contributed by atoms with Crippen LogP contribution in [0.15, 0.2) is 28.7 Å². The maximum atomic E-state index is 12.0. The number of hydrogen-bond acceptors (Lipinski definition) is 2. The second kappa shape index (κ2) is 5.54. The van der Waals surface area contributed by atoms with Crippen LogP contribution >= 0.6 is 15.9 Å². The highest BCUT2D eigenvalue weighted by Gasteiger charge is 2.19. The molecule has 0 saturated heterocycles. The lowest BCUT2D eigenvalue weighted by Gasteiger charge is -2.24. The van der Waals surface area contributed by atoms with E-state index in [1.165, 1.54) is 0 Å². The number of benzene rings is 1. The van der Waals surface area contributed by atoms with Gasteiger partial charge in [0.15, 0.2) is 0 Å². The molecule has 0 unspecified atom stereocenters. The molecule has 0 bridgehead atoms. The van der Waals surface area contributed by atoms with Gasteiger partial charge in [0.25, 0.3) is 0 Å². The third-order valence-electron chi connectivity index (χ3n) is 1.84. The van der Waals surface area contributed by atoms with E-state index in [1.807, 2.05) is 6.07 Å². The number of ether oxygens (including phenoxy) is 1. The predicted molar refractivity (Wildman–Crippen MR) is 71.8 cm³/mol. The first-order valence-electron chi connectivity index (χ1n) is 6.74. The van der Waals surface area contributed by atoms with Crippen LogP contribution < -0.4 is 0 Å². The summed E-state index contributed by atoms with van der Waals surface area (Å²) < 4.78 is 28.4. The largest absolute Gasteiger partial charge is 0.444 e. The maximum Gasteiger partial charge on any atom is 0.410 e. The summed E-state index contributed by atoms with van der Waals surface area (Å²) >= 11 is 3.31. The van der Waals surface area contributed by atoms with Gasteiger partial charge in [-0.15, -0.1) is 0 Å². The van der Waals surface area contributed by atoms with Crippen molar-refractivity contribution in [1.82, 2.24) is 4.90 Å². The molecule has 0 aliphatic carbocycles. The van der Waals surface area contributed by atoms with Crippen molar-refractivity contribution in [3.63, 3.8) is 0 Å². The van der Waals surface area contributed by atoms with Gasteiger partial charge < -0.3 is 9.64 Å². The van der Waals surface area contributed by atoms with E-state index in [0.29, 0.717) is 5.56 Å². The van der Waals surface area contributed by atoms with E-state index in [-0.39, 0.29) is 6.54 Å². The lowest BCUT2D eigenvalue weighted by molar-refractivity contribution is 0.0285. The van der Waals surface area contributed by atoms with Gasteiger partial charge in [0, 0.05) is 22.1 Å². The maximum absolute atomic E-state index is 12.0. The van der Waals surface area contributed by atoms with Gasteiger partial charge in [0.2, 0.25) is 0 Å². The molecule has 0 heterocycles. The molecule has 1 rings (SSSR count). The predicted octanol–water partition coefficient (Wildman–Crippen LogP) is 3.82. The van der Waals surface area contributed by atoms with Crippen molar-refractivity contribution < 1.29 is 13.6 Å². The summed E-state index contributed by atoms with van der Waals surface area (Å²) in [5, 5.41) is 0. The molecule has 0 radical (unpaired) electrons. The zero-order valence-corrected chi connectivity index (χ0v) is 11.7. The molecule has 0 fully saturated rings. The summed E-state index contributed by atoms with van der Waals surface area (Å²) in [5.74, 6) is 0. The lowest BCUT2D eigenvalue weighted by atomic mass is 10.2. The minimum absolute atomic E-state index is 0.0369. The molecule has 94 valence electrons. The first-order chi connectivity index (χ1) is 8.99. The number of halogens is 1. The first-order valence-corrected chi connectivity index (χ1v) is 6.03. The molecular weight excluding hydrogens is 282 g/mol. The molecular formula is C13H18BrNO2. The van der Waals surface area contributed by atoms with Crippen LogP contribution in [0.5, 0.6) is 0 Å². The highest BCUT2D eigenvalue weighted by atomic mass is 79.9. The van der Waals surface area contributed by atoms with Gasteiger partial charge in [-0.25, -0.2) is 4.79 Å². The normalized spacial score (nSPS) is 14.5. The van der Waals surface area contributed by atoms with Gasteiger partial charge in [-0.05, 0) is 38.5 Å². The Balaban J connectivity index is 2.94. The molecule has 0 aliphatic heterocycles. The number of rotatable bonds is 2. The van der Waals surface area contributed by atoms with Gasteiger partial charge in [0.1, 0.15) is 5.60 Å². The molecule has 1 amide bonds. The average Bonchev–Trinajstić information content (AvgIpc) is 2.21. The van der Waals surface area contributed by atoms with E-state index in [4.69, 9.17) is 8.85 Å². The zero-order valence-electron chi connectivity index (χ0n) is 13.2. The Morgan fingerprint density at radius 2 is 2.24 bits per heavy atom. The van der Waals surface area contributed by atoms with Gasteiger partial charge >= 0.3 is 6.09 Å². The number of nitrogens with zero attached hydrogens (tertiary/aromatic N) is 1. The summed E-state index contributed by atoms with van der Waals surface area (Å²) in [6.07, 6.45) is -0.850. The molecule has 0 N–H and O–H groups in total. The van der Waals surface area contributed by atoms with Crippen LogP contribution in [0.4, 0.5) is 4.79 Å². The Morgan fingerprint density at radius 3 is 2.76 bits per heavy atom. The fraction of sp³-hybridized carbons (Fsp3) is 0.462. The number of carbonyl (C=O) groups is 1. The Hall–Kier alpha value is -1.03. The van der Waals surface area contributed by atoms with E-state index < -0.39 is 18.7 Å². The summed E-state index contributed by atoms with van der Waals surface area (Å²) in [6, 6.07) is 7.14. The minimum atomic E-state index is -2.55. The molecule has 1 aromatic carbocycles. The van der Waals surface area contributed by atoms with Crippen LogP contribution in [0.3, 0.4) is 0 Å². The summed E-state index contributed by atoms with van der Waals surface area (Å²) in [5.41, 5.74) is -0.0286. The van der Waals surface area contributed by atoms with Crippen molar-refractivity contribution in [3.8, 4) is 0 Å². The number of hydrogen-bond donors (Lipinski definition) is 0. The van der Waals surface area contributed by atoms with Gasteiger partial charge in [0.05, 0.1) is 0 Å². The van der Waals surface area contributed by atoms with Crippen molar-refractivity contribution in [2.75, 3.05) is 6.98 Å². The number of amides is 1. The van der Waals surface area contributed by atoms with Crippen LogP contribution in [0.1, 0.15) is 30.4 Å². The molecule has 0 spiro atoms. The van der Waals surface area contributed by atoms with Crippen LogP contribution in [0, 0.1) is 0 Å². The highest BCUT2D eigenvalue weighted by molar-refractivity contribution is 9.10. The Morgan fingerprint density at radius 1 is 1.53 bits per heavy atom. The fourth-order valence-corrected chi connectivity index (χ4v) is 1.65. The SMILES string of the molecule is [2H]C([2H])([2H])N(Cc1cccc(Br)c1)C(=O)OC(C)(C)C. The molecule has 0 atom stereocenters. The van der Waals surface area contributed by atoms with Crippen molar-refractivity contribution in [2.45, 2.75) is 32.9 Å². The number of carbonyl (C=O) groups excluding carboxylic acids is 1. The standard InChI is InChI=1S/C13H18BrNO2/c1-13(2,3)17-12(16)15(4)9-10-6-5-7-11(14)8-10/h5-8H,9H2,1-4H3/i4D3. The van der Waals surface area contributed by atoms with Crippen molar-refractivity contribution in [2.24, 2.45) is 0 Å². The third-order valence-corrected chi connectivity index (χ3v) is 2.34. The van der Waals surface area contributed by atoms with Gasteiger partial charge in [-0.3, -0.25) is 0 Å².